The molecule has 130 valence electrons. The van der Waals surface area contributed by atoms with E-state index >= 15 is 0 Å². The summed E-state index contributed by atoms with van der Waals surface area (Å²) >= 11 is 0. The smallest absolute Gasteiger partial charge is 0.341 e. The Labute approximate surface area is 138 Å². The molecule has 1 atom stereocenters. The Kier molecular flexibility index (Phi) is 6.76. The van der Waals surface area contributed by atoms with Crippen molar-refractivity contribution in [1.29, 1.82) is 0 Å². The van der Waals surface area contributed by atoms with Crippen molar-refractivity contribution in [2.75, 3.05) is 13.1 Å². The number of carbonyl (C=O) groups excluding carboxylic acids is 2. The number of nitrogens with zero attached hydrogens (tertiary/aromatic N) is 1. The summed E-state index contributed by atoms with van der Waals surface area (Å²) in [5, 5.41) is 2.41. The lowest BCUT2D eigenvalue weighted by atomic mass is 10.1. The van der Waals surface area contributed by atoms with Crippen molar-refractivity contribution in [3.05, 3.63) is 60.7 Å². The van der Waals surface area contributed by atoms with Crippen molar-refractivity contribution >= 4 is 11.8 Å². The number of rotatable bonds is 7. The first-order valence-electron chi connectivity index (χ1n) is 7.19. The van der Waals surface area contributed by atoms with Gasteiger partial charge in [0, 0.05) is 18.7 Å². The minimum atomic E-state index is -4.54. The molecule has 0 spiro atoms. The predicted molar refractivity (Wildman–Crippen MR) is 85.3 cm³/mol. The summed E-state index contributed by atoms with van der Waals surface area (Å²) in [5.41, 5.74) is -1.09. The van der Waals surface area contributed by atoms with E-state index in [1.165, 1.54) is 30.0 Å². The van der Waals surface area contributed by atoms with Crippen LogP contribution >= 0.6 is 0 Å². The fourth-order valence-electron chi connectivity index (χ4n) is 2.02. The van der Waals surface area contributed by atoms with E-state index < -0.39 is 23.7 Å². The van der Waals surface area contributed by atoms with Gasteiger partial charge >= 0.3 is 6.18 Å². The number of amides is 2. The lowest BCUT2D eigenvalue weighted by Gasteiger charge is -2.24. The van der Waals surface area contributed by atoms with Crippen molar-refractivity contribution in [2.24, 2.45) is 0 Å². The lowest BCUT2D eigenvalue weighted by molar-refractivity contribution is -0.137. The van der Waals surface area contributed by atoms with E-state index in [1.54, 1.807) is 0 Å². The lowest BCUT2D eigenvalue weighted by Crippen LogP contribution is -2.47. The molecule has 1 rings (SSSR count). The number of alkyl halides is 3. The standard InChI is InChI=1S/C17H19F3N2O2/c1-4-9-22(10-5-2)16(24)12(3)21-15(23)13-7-6-8-14(11-13)17(18,19)20/h4-8,11-12H,1-2,9-10H2,3H3,(H,21,23). The molecule has 0 radical (unpaired) electrons. The Balaban J connectivity index is 2.84. The summed E-state index contributed by atoms with van der Waals surface area (Å²) in [7, 11) is 0. The SMILES string of the molecule is C=CCN(CC=C)C(=O)C(C)NC(=O)c1cccc(C(F)(F)F)c1. The molecule has 0 fully saturated rings. The van der Waals surface area contributed by atoms with Crippen LogP contribution in [0.25, 0.3) is 0 Å². The van der Waals surface area contributed by atoms with Gasteiger partial charge in [-0.1, -0.05) is 18.2 Å². The molecule has 24 heavy (non-hydrogen) atoms. The molecule has 0 aromatic heterocycles. The second kappa shape index (κ2) is 8.33. The van der Waals surface area contributed by atoms with Gasteiger partial charge in [-0.05, 0) is 25.1 Å². The van der Waals surface area contributed by atoms with Crippen molar-refractivity contribution < 1.29 is 22.8 Å². The highest BCUT2D eigenvalue weighted by Crippen LogP contribution is 2.29. The first-order chi connectivity index (χ1) is 11.2. The molecule has 1 aromatic carbocycles. The van der Waals surface area contributed by atoms with E-state index in [-0.39, 0.29) is 24.6 Å². The molecular weight excluding hydrogens is 321 g/mol. The molecule has 0 aliphatic rings. The zero-order valence-corrected chi connectivity index (χ0v) is 13.3. The fraction of sp³-hybridized carbons (Fsp3) is 0.294. The molecule has 7 heteroatoms. The van der Waals surface area contributed by atoms with Gasteiger partial charge in [0.1, 0.15) is 6.04 Å². The summed E-state index contributed by atoms with van der Waals surface area (Å²) in [6.45, 7) is 9.10. The molecule has 4 nitrogen and oxygen atoms in total. The van der Waals surface area contributed by atoms with Crippen LogP contribution in [0, 0.1) is 0 Å². The van der Waals surface area contributed by atoms with Gasteiger partial charge in [0.05, 0.1) is 5.56 Å². The summed E-state index contributed by atoms with van der Waals surface area (Å²) < 4.78 is 38.1. The van der Waals surface area contributed by atoms with Crippen LogP contribution in [0.3, 0.4) is 0 Å². The molecule has 0 aliphatic heterocycles. The zero-order chi connectivity index (χ0) is 18.3. The van der Waals surface area contributed by atoms with E-state index in [9.17, 15) is 22.8 Å². The monoisotopic (exact) mass is 340 g/mol. The van der Waals surface area contributed by atoms with Crippen molar-refractivity contribution in [2.45, 2.75) is 19.1 Å². The number of halogens is 3. The highest BCUT2D eigenvalue weighted by atomic mass is 19.4. The molecule has 0 saturated carbocycles. The predicted octanol–water partition coefficient (Wildman–Crippen LogP) is 3.02. The Morgan fingerprint density at radius 1 is 1.25 bits per heavy atom. The third-order valence-corrected chi connectivity index (χ3v) is 3.18. The van der Waals surface area contributed by atoms with Gasteiger partial charge in [-0.3, -0.25) is 9.59 Å². The van der Waals surface area contributed by atoms with E-state index in [0.717, 1.165) is 18.2 Å². The van der Waals surface area contributed by atoms with Crippen LogP contribution in [0.15, 0.2) is 49.6 Å². The van der Waals surface area contributed by atoms with Crippen LogP contribution in [0.2, 0.25) is 0 Å². The topological polar surface area (TPSA) is 49.4 Å². The first-order valence-corrected chi connectivity index (χ1v) is 7.19. The number of hydrogen-bond acceptors (Lipinski definition) is 2. The third-order valence-electron chi connectivity index (χ3n) is 3.18. The van der Waals surface area contributed by atoms with Gasteiger partial charge < -0.3 is 10.2 Å². The Morgan fingerprint density at radius 2 is 1.83 bits per heavy atom. The van der Waals surface area contributed by atoms with Crippen molar-refractivity contribution in [1.82, 2.24) is 10.2 Å². The molecule has 2 amide bonds. The number of benzene rings is 1. The maximum absolute atomic E-state index is 12.7. The molecule has 0 saturated heterocycles. The van der Waals surface area contributed by atoms with Gasteiger partial charge in [0.25, 0.3) is 5.91 Å². The molecule has 1 N–H and O–H groups in total. The Hall–Kier alpha value is -2.57. The van der Waals surface area contributed by atoms with Crippen LogP contribution in [0.1, 0.15) is 22.8 Å². The van der Waals surface area contributed by atoms with Gasteiger partial charge in [-0.2, -0.15) is 13.2 Å². The maximum atomic E-state index is 12.7. The Morgan fingerprint density at radius 3 is 2.33 bits per heavy atom. The van der Waals surface area contributed by atoms with Crippen molar-refractivity contribution in [3.63, 3.8) is 0 Å². The van der Waals surface area contributed by atoms with Crippen LogP contribution in [-0.2, 0) is 11.0 Å². The molecule has 0 aliphatic carbocycles. The van der Waals surface area contributed by atoms with Gasteiger partial charge in [0.15, 0.2) is 0 Å². The maximum Gasteiger partial charge on any atom is 0.416 e. The van der Waals surface area contributed by atoms with Gasteiger partial charge in [-0.25, -0.2) is 0 Å². The third kappa shape index (κ3) is 5.26. The quantitative estimate of drug-likeness (QED) is 0.776. The molecular formula is C17H19F3N2O2. The molecule has 0 bridgehead atoms. The summed E-state index contributed by atoms with van der Waals surface area (Å²) in [4.78, 5) is 25.8. The number of carbonyl (C=O) groups is 2. The highest BCUT2D eigenvalue weighted by Gasteiger charge is 2.31. The first kappa shape index (κ1) is 19.5. The van der Waals surface area contributed by atoms with Gasteiger partial charge in [-0.15, -0.1) is 13.2 Å². The average molecular weight is 340 g/mol. The minimum Gasteiger partial charge on any atom is -0.341 e. The van der Waals surface area contributed by atoms with E-state index in [0.29, 0.717) is 0 Å². The average Bonchev–Trinajstić information content (AvgIpc) is 2.53. The number of nitrogens with one attached hydrogen (secondary N) is 1. The molecule has 0 heterocycles. The van der Waals surface area contributed by atoms with E-state index in [4.69, 9.17) is 0 Å². The Bertz CT molecular complexity index is 617. The summed E-state index contributed by atoms with van der Waals surface area (Å²) in [6.07, 6.45) is -1.48. The largest absolute Gasteiger partial charge is 0.416 e. The second-order valence-electron chi connectivity index (χ2n) is 5.09. The van der Waals surface area contributed by atoms with Crippen LogP contribution < -0.4 is 5.32 Å². The highest BCUT2D eigenvalue weighted by molar-refractivity contribution is 5.97. The second-order valence-corrected chi connectivity index (χ2v) is 5.09. The van der Waals surface area contributed by atoms with E-state index in [1.807, 2.05) is 0 Å². The van der Waals surface area contributed by atoms with Crippen LogP contribution in [0.5, 0.6) is 0 Å². The molecule has 1 unspecified atom stereocenters. The number of hydrogen-bond donors (Lipinski definition) is 1. The van der Waals surface area contributed by atoms with Crippen LogP contribution in [-0.4, -0.2) is 35.8 Å². The van der Waals surface area contributed by atoms with Gasteiger partial charge in [0.2, 0.25) is 5.91 Å². The van der Waals surface area contributed by atoms with Crippen LogP contribution in [0.4, 0.5) is 13.2 Å². The summed E-state index contributed by atoms with van der Waals surface area (Å²) in [5.74, 6) is -1.13. The van der Waals surface area contributed by atoms with E-state index in [2.05, 4.69) is 18.5 Å². The van der Waals surface area contributed by atoms with Crippen molar-refractivity contribution in [3.8, 4) is 0 Å². The fourth-order valence-corrected chi connectivity index (χ4v) is 2.02. The summed E-state index contributed by atoms with van der Waals surface area (Å²) in [6, 6.07) is 3.13. The molecule has 1 aromatic rings. The minimum absolute atomic E-state index is 0.163. The normalized spacial score (nSPS) is 12.2. The zero-order valence-electron chi connectivity index (χ0n) is 13.3.